The highest BCUT2D eigenvalue weighted by atomic mass is 32.2. The third-order valence-corrected chi connectivity index (χ3v) is 9.78. The third kappa shape index (κ3) is 7.43. The quantitative estimate of drug-likeness (QED) is 0.262. The van der Waals surface area contributed by atoms with E-state index in [9.17, 15) is 13.2 Å². The summed E-state index contributed by atoms with van der Waals surface area (Å²) < 4.78 is 32.4. The van der Waals surface area contributed by atoms with Gasteiger partial charge in [-0.3, -0.25) is 9.80 Å². The molecule has 0 radical (unpaired) electrons. The highest BCUT2D eigenvalue weighted by molar-refractivity contribution is 7.91. The van der Waals surface area contributed by atoms with Gasteiger partial charge < -0.3 is 9.53 Å². The minimum absolute atomic E-state index is 0.241. The van der Waals surface area contributed by atoms with Gasteiger partial charge in [-0.1, -0.05) is 37.5 Å². The molecule has 37 heavy (non-hydrogen) atoms. The first kappa shape index (κ1) is 27.8. The summed E-state index contributed by atoms with van der Waals surface area (Å²) >= 11 is 0. The van der Waals surface area contributed by atoms with Crippen molar-refractivity contribution < 1.29 is 17.9 Å². The molecule has 1 aliphatic carbocycles. The van der Waals surface area contributed by atoms with Crippen molar-refractivity contribution in [1.29, 1.82) is 0 Å². The molecule has 1 unspecified atom stereocenters. The average Bonchev–Trinajstić information content (AvgIpc) is 2.95. The minimum atomic E-state index is -3.63. The number of carbonyl (C=O) groups is 1. The zero-order chi connectivity index (χ0) is 26.1. The van der Waals surface area contributed by atoms with Crippen molar-refractivity contribution in [1.82, 2.24) is 9.80 Å². The van der Waals surface area contributed by atoms with Gasteiger partial charge in [0.25, 0.3) is 0 Å². The smallest absolute Gasteiger partial charge is 0.206 e. The number of carbonyl (C=O) groups excluding carboxylic acids is 1. The summed E-state index contributed by atoms with van der Waals surface area (Å²) in [5, 5.41) is 0. The lowest BCUT2D eigenvalue weighted by molar-refractivity contribution is -0.107. The summed E-state index contributed by atoms with van der Waals surface area (Å²) in [6.45, 7) is 7.09. The highest BCUT2D eigenvalue weighted by Crippen LogP contribution is 2.29. The zero-order valence-electron chi connectivity index (χ0n) is 22.2. The van der Waals surface area contributed by atoms with E-state index in [1.54, 1.807) is 36.4 Å². The first-order chi connectivity index (χ1) is 18.0. The van der Waals surface area contributed by atoms with E-state index in [2.05, 4.69) is 16.7 Å². The fraction of sp³-hybridized carbons (Fsp3) is 0.567. The van der Waals surface area contributed by atoms with Gasteiger partial charge in [0.05, 0.1) is 16.4 Å². The maximum absolute atomic E-state index is 13.3. The van der Waals surface area contributed by atoms with E-state index in [4.69, 9.17) is 4.74 Å². The molecule has 0 amide bonds. The number of hydrogen-bond donors (Lipinski definition) is 0. The molecule has 2 aromatic carbocycles. The van der Waals surface area contributed by atoms with Crippen molar-refractivity contribution in [3.63, 3.8) is 0 Å². The van der Waals surface area contributed by atoms with Crippen LogP contribution in [0, 0.1) is 0 Å². The zero-order valence-corrected chi connectivity index (χ0v) is 23.0. The number of unbranched alkanes of at least 4 members (excludes halogenated alkanes) is 3. The van der Waals surface area contributed by atoms with Crippen LogP contribution in [0.25, 0.3) is 0 Å². The Kier molecular flexibility index (Phi) is 10.2. The van der Waals surface area contributed by atoms with E-state index >= 15 is 0 Å². The van der Waals surface area contributed by atoms with Crippen molar-refractivity contribution in [3.8, 4) is 5.75 Å². The Morgan fingerprint density at radius 2 is 1.65 bits per heavy atom. The summed E-state index contributed by atoms with van der Waals surface area (Å²) in [6.07, 6.45) is 10.9. The molecule has 7 heteroatoms. The minimum Gasteiger partial charge on any atom is -0.494 e. The fourth-order valence-corrected chi connectivity index (χ4v) is 6.93. The normalized spacial score (nSPS) is 18.9. The summed E-state index contributed by atoms with van der Waals surface area (Å²) in [5.41, 5.74) is 1.15. The molecule has 1 heterocycles. The number of sulfone groups is 1. The van der Waals surface area contributed by atoms with E-state index < -0.39 is 9.84 Å². The Bertz CT molecular complexity index is 1090. The Hall–Kier alpha value is -2.22. The molecule has 0 N–H and O–H groups in total. The topological polar surface area (TPSA) is 66.9 Å². The van der Waals surface area contributed by atoms with Gasteiger partial charge in [0.1, 0.15) is 12.0 Å². The van der Waals surface area contributed by atoms with Gasteiger partial charge in [-0.05, 0) is 74.9 Å². The molecular formula is C30H42N2O4S. The predicted molar refractivity (Wildman–Crippen MR) is 147 cm³/mol. The van der Waals surface area contributed by atoms with Crippen molar-refractivity contribution >= 4 is 16.1 Å². The number of nitrogens with zero attached hydrogens (tertiary/aromatic N) is 2. The highest BCUT2D eigenvalue weighted by Gasteiger charge is 2.27. The lowest BCUT2D eigenvalue weighted by atomic mass is 9.93. The number of hydrogen-bond acceptors (Lipinski definition) is 6. The first-order valence-corrected chi connectivity index (χ1v) is 15.5. The van der Waals surface area contributed by atoms with E-state index in [1.165, 1.54) is 32.1 Å². The van der Waals surface area contributed by atoms with Crippen LogP contribution in [0.3, 0.4) is 0 Å². The SMILES string of the molecule is CC(c1ccc(S(=O)(=O)c2cccc(OCCCCCC=O)c2)cc1)N1CCN(C2CCCCC2)CC1. The molecule has 2 aromatic rings. The lowest BCUT2D eigenvalue weighted by Crippen LogP contribution is -2.51. The molecule has 202 valence electrons. The van der Waals surface area contributed by atoms with Gasteiger partial charge in [-0.25, -0.2) is 8.42 Å². The van der Waals surface area contributed by atoms with Crippen LogP contribution < -0.4 is 4.74 Å². The molecule has 1 saturated heterocycles. The molecule has 0 aromatic heterocycles. The first-order valence-electron chi connectivity index (χ1n) is 14.0. The third-order valence-electron chi connectivity index (χ3n) is 8.01. The molecule has 1 atom stereocenters. The van der Waals surface area contributed by atoms with Crippen LogP contribution in [-0.2, 0) is 14.6 Å². The molecule has 0 bridgehead atoms. The van der Waals surface area contributed by atoms with Gasteiger partial charge in [0.15, 0.2) is 0 Å². The largest absolute Gasteiger partial charge is 0.494 e. The maximum atomic E-state index is 13.3. The monoisotopic (exact) mass is 526 g/mol. The molecule has 4 rings (SSSR count). The number of rotatable bonds is 12. The summed E-state index contributed by atoms with van der Waals surface area (Å²) in [7, 11) is -3.63. The molecule has 6 nitrogen and oxygen atoms in total. The molecule has 2 aliphatic rings. The van der Waals surface area contributed by atoms with E-state index in [0.717, 1.165) is 63.3 Å². The van der Waals surface area contributed by atoms with Crippen molar-refractivity contribution in [2.24, 2.45) is 0 Å². The summed E-state index contributed by atoms with van der Waals surface area (Å²) in [5.74, 6) is 0.550. The Morgan fingerprint density at radius 1 is 0.919 bits per heavy atom. The fourth-order valence-electron chi connectivity index (χ4n) is 5.64. The van der Waals surface area contributed by atoms with E-state index in [1.807, 2.05) is 12.1 Å². The standard InChI is InChI=1S/C30H42N2O4S/c1-25(31-18-20-32(21-19-31)27-10-5-4-6-11-27)26-14-16-29(17-15-26)37(34,35)30-13-9-12-28(24-30)36-23-8-3-2-7-22-33/h9,12-17,22,24-25,27H,2-8,10-11,18-21,23H2,1H3. The number of aldehydes is 1. The van der Waals surface area contributed by atoms with Crippen molar-refractivity contribution in [2.45, 2.75) is 86.6 Å². The molecule has 0 spiro atoms. The van der Waals surface area contributed by atoms with Gasteiger partial charge in [-0.2, -0.15) is 0 Å². The molecule has 1 saturated carbocycles. The Morgan fingerprint density at radius 3 is 2.35 bits per heavy atom. The van der Waals surface area contributed by atoms with Gasteiger partial charge in [-0.15, -0.1) is 0 Å². The second-order valence-electron chi connectivity index (χ2n) is 10.5. The van der Waals surface area contributed by atoms with E-state index in [0.29, 0.717) is 23.7 Å². The molecule has 2 fully saturated rings. The van der Waals surface area contributed by atoms with Crippen LogP contribution in [0.1, 0.15) is 76.3 Å². The van der Waals surface area contributed by atoms with Gasteiger partial charge in [0.2, 0.25) is 9.84 Å². The Balaban J connectivity index is 1.33. The summed E-state index contributed by atoms with van der Waals surface area (Å²) in [4.78, 5) is 16.1. The van der Waals surface area contributed by atoms with Crippen LogP contribution in [0.4, 0.5) is 0 Å². The van der Waals surface area contributed by atoms with Gasteiger partial charge in [0, 0.05) is 44.7 Å². The number of benzene rings is 2. The second-order valence-corrected chi connectivity index (χ2v) is 12.4. The Labute approximate surface area is 222 Å². The van der Waals surface area contributed by atoms with Crippen molar-refractivity contribution in [3.05, 3.63) is 54.1 Å². The predicted octanol–water partition coefficient (Wildman–Crippen LogP) is 5.67. The van der Waals surface area contributed by atoms with Crippen molar-refractivity contribution in [2.75, 3.05) is 32.8 Å². The molecule has 1 aliphatic heterocycles. The molecular weight excluding hydrogens is 484 g/mol. The number of piperazine rings is 1. The average molecular weight is 527 g/mol. The van der Waals surface area contributed by atoms with E-state index in [-0.39, 0.29) is 10.9 Å². The lowest BCUT2D eigenvalue weighted by Gasteiger charge is -2.42. The van der Waals surface area contributed by atoms with Crippen LogP contribution in [0.5, 0.6) is 5.75 Å². The van der Waals surface area contributed by atoms with Crippen LogP contribution in [-0.4, -0.2) is 63.3 Å². The van der Waals surface area contributed by atoms with Crippen LogP contribution in [0.2, 0.25) is 0 Å². The summed E-state index contributed by atoms with van der Waals surface area (Å²) in [6, 6.07) is 15.1. The second kappa shape index (κ2) is 13.5. The van der Waals surface area contributed by atoms with Crippen LogP contribution in [0.15, 0.2) is 58.3 Å². The van der Waals surface area contributed by atoms with Gasteiger partial charge >= 0.3 is 0 Å². The van der Waals surface area contributed by atoms with Crippen LogP contribution >= 0.6 is 0 Å². The number of ether oxygens (including phenoxy) is 1. The maximum Gasteiger partial charge on any atom is 0.206 e.